The minimum Gasteiger partial charge on any atom is -0.467 e. The van der Waals surface area contributed by atoms with E-state index in [9.17, 15) is 19.2 Å². The summed E-state index contributed by atoms with van der Waals surface area (Å²) in [5.74, 6) is -0.866. The van der Waals surface area contributed by atoms with Crippen LogP contribution in [0.5, 0.6) is 0 Å². The average Bonchev–Trinajstić information content (AvgIpc) is 3.64. The van der Waals surface area contributed by atoms with Gasteiger partial charge in [-0.2, -0.15) is 0 Å². The molecular weight excluding hydrogens is 502 g/mol. The second kappa shape index (κ2) is 12.2. The molecule has 0 saturated carbocycles. The standard InChI is InChI=1S/C29H27N3O5S/c1-19-7-9-22(10-8-19)27(29(36)30-17-24-5-3-15-37-24)32(23-13-11-21(12-14-23)20(2)33)26(34)18-31-28(35)25-6-4-16-38-25/h3-16,27H,17-18H2,1-2H3,(H,30,36)(H,31,35). The Morgan fingerprint density at radius 3 is 2.26 bits per heavy atom. The fourth-order valence-corrected chi connectivity index (χ4v) is 4.52. The van der Waals surface area contributed by atoms with Crippen LogP contribution >= 0.6 is 11.3 Å². The smallest absolute Gasteiger partial charge is 0.261 e. The summed E-state index contributed by atoms with van der Waals surface area (Å²) in [6, 6.07) is 19.6. The molecule has 4 rings (SSSR count). The molecule has 2 heterocycles. The van der Waals surface area contributed by atoms with Crippen molar-refractivity contribution in [2.45, 2.75) is 26.4 Å². The zero-order valence-corrected chi connectivity index (χ0v) is 21.8. The van der Waals surface area contributed by atoms with Crippen LogP contribution in [0.1, 0.15) is 49.9 Å². The Labute approximate surface area is 224 Å². The van der Waals surface area contributed by atoms with Gasteiger partial charge in [-0.1, -0.05) is 35.9 Å². The molecule has 4 aromatic rings. The van der Waals surface area contributed by atoms with Crippen molar-refractivity contribution in [1.82, 2.24) is 10.6 Å². The van der Waals surface area contributed by atoms with Crippen LogP contribution in [0, 0.1) is 6.92 Å². The van der Waals surface area contributed by atoms with Gasteiger partial charge in [0.05, 0.1) is 24.2 Å². The summed E-state index contributed by atoms with van der Waals surface area (Å²) in [6.07, 6.45) is 1.52. The zero-order chi connectivity index (χ0) is 27.1. The van der Waals surface area contributed by atoms with Gasteiger partial charge < -0.3 is 15.1 Å². The highest BCUT2D eigenvalue weighted by atomic mass is 32.1. The van der Waals surface area contributed by atoms with E-state index in [1.165, 1.54) is 29.4 Å². The van der Waals surface area contributed by atoms with Crippen LogP contribution in [0.15, 0.2) is 88.9 Å². The van der Waals surface area contributed by atoms with Crippen molar-refractivity contribution in [2.24, 2.45) is 0 Å². The number of thiophene rings is 1. The Bertz CT molecular complexity index is 1400. The van der Waals surface area contributed by atoms with Gasteiger partial charge in [-0.15, -0.1) is 11.3 Å². The number of benzene rings is 2. The molecule has 9 heteroatoms. The third-order valence-electron chi connectivity index (χ3n) is 5.88. The molecule has 0 saturated heterocycles. The van der Waals surface area contributed by atoms with E-state index in [2.05, 4.69) is 10.6 Å². The molecule has 3 amide bonds. The maximum absolute atomic E-state index is 13.7. The first-order valence-corrected chi connectivity index (χ1v) is 12.8. The topological polar surface area (TPSA) is 109 Å². The van der Waals surface area contributed by atoms with Crippen molar-refractivity contribution in [2.75, 3.05) is 11.4 Å². The van der Waals surface area contributed by atoms with Crippen molar-refractivity contribution < 1.29 is 23.6 Å². The van der Waals surface area contributed by atoms with Crippen molar-refractivity contribution >= 4 is 40.5 Å². The van der Waals surface area contributed by atoms with E-state index in [1.807, 2.05) is 19.1 Å². The third-order valence-corrected chi connectivity index (χ3v) is 6.75. The summed E-state index contributed by atoms with van der Waals surface area (Å²) in [5.41, 5.74) is 2.46. The van der Waals surface area contributed by atoms with Crippen LogP contribution in [-0.4, -0.2) is 30.0 Å². The molecule has 1 atom stereocenters. The number of nitrogens with zero attached hydrogens (tertiary/aromatic N) is 1. The number of aryl methyl sites for hydroxylation is 1. The molecular formula is C29H27N3O5S. The molecule has 0 aliphatic rings. The molecule has 0 spiro atoms. The first-order chi connectivity index (χ1) is 18.3. The molecule has 2 aromatic carbocycles. The van der Waals surface area contributed by atoms with Crippen LogP contribution in [0.4, 0.5) is 5.69 Å². The molecule has 0 bridgehead atoms. The Hall–Kier alpha value is -4.50. The highest BCUT2D eigenvalue weighted by molar-refractivity contribution is 7.12. The number of ketones is 1. The minimum absolute atomic E-state index is 0.121. The lowest BCUT2D eigenvalue weighted by Gasteiger charge is -2.31. The SMILES string of the molecule is CC(=O)c1ccc(N(C(=O)CNC(=O)c2cccs2)C(C(=O)NCc2ccco2)c2ccc(C)cc2)cc1. The first kappa shape index (κ1) is 26.6. The van der Waals surface area contributed by atoms with Gasteiger partial charge in [0.25, 0.3) is 5.91 Å². The highest BCUT2D eigenvalue weighted by Crippen LogP contribution is 2.29. The lowest BCUT2D eigenvalue weighted by molar-refractivity contribution is -0.126. The number of rotatable bonds is 10. The number of carbonyl (C=O) groups excluding carboxylic acids is 4. The largest absolute Gasteiger partial charge is 0.467 e. The van der Waals surface area contributed by atoms with Gasteiger partial charge in [0.1, 0.15) is 11.8 Å². The molecule has 0 aliphatic heterocycles. The lowest BCUT2D eigenvalue weighted by atomic mass is 10.0. The molecule has 194 valence electrons. The number of nitrogens with one attached hydrogen (secondary N) is 2. The van der Waals surface area contributed by atoms with E-state index in [4.69, 9.17) is 4.42 Å². The summed E-state index contributed by atoms with van der Waals surface area (Å²) in [4.78, 5) is 53.6. The maximum Gasteiger partial charge on any atom is 0.261 e. The monoisotopic (exact) mass is 529 g/mol. The lowest BCUT2D eigenvalue weighted by Crippen LogP contribution is -2.47. The maximum atomic E-state index is 13.7. The molecule has 38 heavy (non-hydrogen) atoms. The van der Waals surface area contributed by atoms with Crippen LogP contribution in [0.25, 0.3) is 0 Å². The predicted molar refractivity (Wildman–Crippen MR) is 145 cm³/mol. The average molecular weight is 530 g/mol. The van der Waals surface area contributed by atoms with Crippen molar-refractivity contribution in [3.05, 3.63) is 112 Å². The number of Topliss-reactive ketones (excluding diaryl/α,β-unsaturated/α-hetero) is 1. The van der Waals surface area contributed by atoms with Gasteiger partial charge in [-0.25, -0.2) is 0 Å². The Morgan fingerprint density at radius 1 is 0.921 bits per heavy atom. The normalized spacial score (nSPS) is 11.4. The molecule has 0 radical (unpaired) electrons. The van der Waals surface area contributed by atoms with Crippen LogP contribution in [0.2, 0.25) is 0 Å². The van der Waals surface area contributed by atoms with Crippen LogP contribution in [0.3, 0.4) is 0 Å². The second-order valence-corrected chi connectivity index (χ2v) is 9.58. The van der Waals surface area contributed by atoms with Gasteiger partial charge in [0, 0.05) is 11.3 Å². The predicted octanol–water partition coefficient (Wildman–Crippen LogP) is 4.67. The number of carbonyl (C=O) groups is 4. The van der Waals surface area contributed by atoms with E-state index >= 15 is 0 Å². The Morgan fingerprint density at radius 2 is 1.66 bits per heavy atom. The van der Waals surface area contributed by atoms with Crippen LogP contribution < -0.4 is 15.5 Å². The van der Waals surface area contributed by atoms with E-state index < -0.39 is 17.9 Å². The summed E-state index contributed by atoms with van der Waals surface area (Å²) >= 11 is 1.26. The van der Waals surface area contributed by atoms with E-state index in [0.717, 1.165) is 5.56 Å². The van der Waals surface area contributed by atoms with Gasteiger partial charge in [-0.05, 0) is 67.3 Å². The molecule has 2 N–H and O–H groups in total. The minimum atomic E-state index is -1.06. The number of hydrogen-bond acceptors (Lipinski definition) is 6. The van der Waals surface area contributed by atoms with Crippen molar-refractivity contribution in [1.29, 1.82) is 0 Å². The summed E-state index contributed by atoms with van der Waals surface area (Å²) in [6.45, 7) is 3.18. The fraction of sp³-hybridized carbons (Fsp3) is 0.172. The van der Waals surface area contributed by atoms with Crippen molar-refractivity contribution in [3.63, 3.8) is 0 Å². The molecule has 8 nitrogen and oxygen atoms in total. The van der Waals surface area contributed by atoms with Crippen molar-refractivity contribution in [3.8, 4) is 0 Å². The fourth-order valence-electron chi connectivity index (χ4n) is 3.88. The zero-order valence-electron chi connectivity index (χ0n) is 21.0. The molecule has 1 unspecified atom stereocenters. The van der Waals surface area contributed by atoms with E-state index in [1.54, 1.807) is 66.0 Å². The van der Waals surface area contributed by atoms with E-state index in [-0.39, 0.29) is 24.8 Å². The number of anilines is 1. The Kier molecular flexibility index (Phi) is 8.50. The molecule has 2 aromatic heterocycles. The van der Waals surface area contributed by atoms with Crippen LogP contribution in [-0.2, 0) is 16.1 Å². The number of amides is 3. The number of hydrogen-bond donors (Lipinski definition) is 2. The van der Waals surface area contributed by atoms with Gasteiger partial charge in [0.2, 0.25) is 11.8 Å². The van der Waals surface area contributed by atoms with E-state index in [0.29, 0.717) is 27.5 Å². The first-order valence-electron chi connectivity index (χ1n) is 11.9. The number of furan rings is 1. The third kappa shape index (κ3) is 6.43. The summed E-state index contributed by atoms with van der Waals surface area (Å²) in [7, 11) is 0. The summed E-state index contributed by atoms with van der Waals surface area (Å²) in [5, 5.41) is 7.28. The quantitative estimate of drug-likeness (QED) is 0.290. The second-order valence-electron chi connectivity index (χ2n) is 8.64. The molecule has 0 aliphatic carbocycles. The highest BCUT2D eigenvalue weighted by Gasteiger charge is 2.33. The molecule has 0 fully saturated rings. The van der Waals surface area contributed by atoms with Gasteiger partial charge in [-0.3, -0.25) is 24.1 Å². The summed E-state index contributed by atoms with van der Waals surface area (Å²) < 4.78 is 5.34. The Balaban J connectivity index is 1.69. The van der Waals surface area contributed by atoms with Gasteiger partial charge in [0.15, 0.2) is 5.78 Å². The van der Waals surface area contributed by atoms with Gasteiger partial charge >= 0.3 is 0 Å².